The van der Waals surface area contributed by atoms with Gasteiger partial charge in [-0.05, 0) is 54.6 Å². The van der Waals surface area contributed by atoms with E-state index in [9.17, 15) is 4.79 Å². The van der Waals surface area contributed by atoms with Gasteiger partial charge in [-0.3, -0.25) is 4.79 Å². The van der Waals surface area contributed by atoms with Crippen LogP contribution in [0.25, 0.3) is 10.9 Å². The number of amides is 1. The van der Waals surface area contributed by atoms with Crippen molar-refractivity contribution in [3.8, 4) is 5.75 Å². The van der Waals surface area contributed by atoms with Gasteiger partial charge in [0.1, 0.15) is 17.1 Å². The maximum atomic E-state index is 12.4. The Morgan fingerprint density at radius 2 is 1.59 bits per heavy atom. The molecule has 3 aromatic carbocycles. The molecule has 0 aliphatic carbocycles. The summed E-state index contributed by atoms with van der Waals surface area (Å²) in [6.45, 7) is 3.54. The summed E-state index contributed by atoms with van der Waals surface area (Å²) in [6, 6.07) is 27.3. The van der Waals surface area contributed by atoms with E-state index in [1.807, 2.05) is 24.3 Å². The third-order valence-electron chi connectivity index (χ3n) is 5.88. The lowest BCUT2D eigenvalue weighted by molar-refractivity contribution is -0.118. The van der Waals surface area contributed by atoms with E-state index in [0.717, 1.165) is 42.9 Å². The van der Waals surface area contributed by atoms with Crippen molar-refractivity contribution in [3.63, 3.8) is 0 Å². The molecular formula is C27H25ClN4O2. The summed E-state index contributed by atoms with van der Waals surface area (Å²) in [7, 11) is 0. The lowest BCUT2D eigenvalue weighted by Gasteiger charge is -2.36. The van der Waals surface area contributed by atoms with Crippen molar-refractivity contribution < 1.29 is 9.53 Å². The summed E-state index contributed by atoms with van der Waals surface area (Å²) in [4.78, 5) is 22.0. The van der Waals surface area contributed by atoms with E-state index < -0.39 is 0 Å². The van der Waals surface area contributed by atoms with E-state index in [4.69, 9.17) is 21.3 Å². The highest BCUT2D eigenvalue weighted by molar-refractivity contribution is 6.30. The van der Waals surface area contributed by atoms with Crippen molar-refractivity contribution >= 4 is 45.6 Å². The van der Waals surface area contributed by atoms with Crippen LogP contribution in [0.2, 0.25) is 5.02 Å². The van der Waals surface area contributed by atoms with Crippen LogP contribution >= 0.6 is 11.6 Å². The zero-order valence-electron chi connectivity index (χ0n) is 18.7. The number of halogens is 1. The standard InChI is InChI=1S/C27H25ClN4O2/c28-21-10-12-22(13-11-21)29-26(33)19-34-24-8-4-5-20-9-14-25(30-27(20)24)32-17-15-31(16-18-32)23-6-2-1-3-7-23/h1-14H,15-19H2,(H,29,33). The van der Waals surface area contributed by atoms with Gasteiger partial charge in [-0.2, -0.15) is 0 Å². The fourth-order valence-corrected chi connectivity index (χ4v) is 4.23. The Morgan fingerprint density at radius 1 is 0.853 bits per heavy atom. The number of benzene rings is 3. The van der Waals surface area contributed by atoms with Crippen molar-refractivity contribution in [1.82, 2.24) is 4.98 Å². The van der Waals surface area contributed by atoms with Crippen molar-refractivity contribution in [3.05, 3.63) is 90.0 Å². The second-order valence-corrected chi connectivity index (χ2v) is 8.59. The number of aromatic nitrogens is 1. The Balaban J connectivity index is 1.26. The molecule has 1 N–H and O–H groups in total. The van der Waals surface area contributed by atoms with Crippen LogP contribution in [0.4, 0.5) is 17.2 Å². The van der Waals surface area contributed by atoms with Crippen LogP contribution in [0.1, 0.15) is 0 Å². The molecule has 5 rings (SSSR count). The number of hydrogen-bond acceptors (Lipinski definition) is 5. The molecule has 34 heavy (non-hydrogen) atoms. The van der Waals surface area contributed by atoms with Crippen LogP contribution in [-0.2, 0) is 4.79 Å². The molecule has 1 saturated heterocycles. The summed E-state index contributed by atoms with van der Waals surface area (Å²) in [5.41, 5.74) is 2.68. The molecule has 172 valence electrons. The molecule has 4 aromatic rings. The molecule has 6 nitrogen and oxygen atoms in total. The van der Waals surface area contributed by atoms with Crippen molar-refractivity contribution in [2.75, 3.05) is 47.9 Å². The molecule has 0 unspecified atom stereocenters. The fourth-order valence-electron chi connectivity index (χ4n) is 4.11. The minimum Gasteiger partial charge on any atom is -0.481 e. The molecule has 0 spiro atoms. The van der Waals surface area contributed by atoms with Crippen LogP contribution in [0, 0.1) is 0 Å². The van der Waals surface area contributed by atoms with E-state index in [1.54, 1.807) is 24.3 Å². The molecular weight excluding hydrogens is 448 g/mol. The number of anilines is 3. The summed E-state index contributed by atoms with van der Waals surface area (Å²) < 4.78 is 5.87. The van der Waals surface area contributed by atoms with Gasteiger partial charge in [0.25, 0.3) is 5.91 Å². The smallest absolute Gasteiger partial charge is 0.262 e. The highest BCUT2D eigenvalue weighted by atomic mass is 35.5. The van der Waals surface area contributed by atoms with Gasteiger partial charge in [0.05, 0.1) is 0 Å². The van der Waals surface area contributed by atoms with Crippen molar-refractivity contribution in [1.29, 1.82) is 0 Å². The summed E-state index contributed by atoms with van der Waals surface area (Å²) in [5, 5.41) is 4.41. The number of para-hydroxylation sites is 2. The Labute approximate surface area is 203 Å². The van der Waals surface area contributed by atoms with Gasteiger partial charge in [0.15, 0.2) is 6.61 Å². The summed E-state index contributed by atoms with van der Waals surface area (Å²) in [6.07, 6.45) is 0. The van der Waals surface area contributed by atoms with Crippen LogP contribution in [0.15, 0.2) is 84.9 Å². The maximum absolute atomic E-state index is 12.4. The second-order valence-electron chi connectivity index (χ2n) is 8.15. The minimum absolute atomic E-state index is 0.108. The number of pyridine rings is 1. The SMILES string of the molecule is O=C(COc1cccc2ccc(N3CCN(c4ccccc4)CC3)nc12)Nc1ccc(Cl)cc1. The van der Waals surface area contributed by atoms with Gasteiger partial charge in [-0.25, -0.2) is 4.98 Å². The Kier molecular flexibility index (Phi) is 6.49. The monoisotopic (exact) mass is 472 g/mol. The molecule has 1 fully saturated rings. The zero-order valence-corrected chi connectivity index (χ0v) is 19.4. The quantitative estimate of drug-likeness (QED) is 0.416. The number of rotatable bonds is 6. The predicted molar refractivity (Wildman–Crippen MR) is 138 cm³/mol. The van der Waals surface area contributed by atoms with Gasteiger partial charge < -0.3 is 19.9 Å². The first-order valence-electron chi connectivity index (χ1n) is 11.3. The first kappa shape index (κ1) is 22.0. The topological polar surface area (TPSA) is 57.7 Å². The number of hydrogen-bond donors (Lipinski definition) is 1. The summed E-state index contributed by atoms with van der Waals surface area (Å²) in [5.74, 6) is 1.27. The van der Waals surface area contributed by atoms with E-state index in [1.165, 1.54) is 5.69 Å². The van der Waals surface area contributed by atoms with Crippen molar-refractivity contribution in [2.24, 2.45) is 0 Å². The normalized spacial score (nSPS) is 13.7. The zero-order chi connectivity index (χ0) is 23.3. The number of fused-ring (bicyclic) bond motifs is 1. The average molecular weight is 473 g/mol. The largest absolute Gasteiger partial charge is 0.481 e. The van der Waals surface area contributed by atoms with Gasteiger partial charge in [0.2, 0.25) is 0 Å². The van der Waals surface area contributed by atoms with Crippen LogP contribution in [-0.4, -0.2) is 43.7 Å². The molecule has 0 bridgehead atoms. The van der Waals surface area contributed by atoms with Crippen LogP contribution in [0.5, 0.6) is 5.75 Å². The van der Waals surface area contributed by atoms with Gasteiger partial charge in [-0.1, -0.05) is 41.9 Å². The lowest BCUT2D eigenvalue weighted by atomic mass is 10.2. The van der Waals surface area contributed by atoms with Crippen LogP contribution < -0.4 is 19.9 Å². The highest BCUT2D eigenvalue weighted by Crippen LogP contribution is 2.27. The van der Waals surface area contributed by atoms with E-state index in [-0.39, 0.29) is 12.5 Å². The maximum Gasteiger partial charge on any atom is 0.262 e. The Hall–Kier alpha value is -3.77. The van der Waals surface area contributed by atoms with E-state index >= 15 is 0 Å². The average Bonchev–Trinajstić information content (AvgIpc) is 2.89. The summed E-state index contributed by atoms with van der Waals surface area (Å²) >= 11 is 5.90. The second kappa shape index (κ2) is 10.0. The molecule has 7 heteroatoms. The number of carbonyl (C=O) groups is 1. The minimum atomic E-state index is -0.243. The first-order chi connectivity index (χ1) is 16.7. The Morgan fingerprint density at radius 3 is 2.35 bits per heavy atom. The Bertz CT molecular complexity index is 1270. The van der Waals surface area contributed by atoms with Gasteiger partial charge in [-0.15, -0.1) is 0 Å². The molecule has 0 atom stereocenters. The van der Waals surface area contributed by atoms with Gasteiger partial charge in [0, 0.05) is 48.0 Å². The molecule has 0 saturated carbocycles. The number of piperazine rings is 1. The lowest BCUT2D eigenvalue weighted by Crippen LogP contribution is -2.46. The molecule has 1 aliphatic heterocycles. The van der Waals surface area contributed by atoms with Gasteiger partial charge >= 0.3 is 0 Å². The number of carbonyl (C=O) groups excluding carboxylic acids is 1. The van der Waals surface area contributed by atoms with E-state index in [0.29, 0.717) is 16.5 Å². The number of nitrogens with one attached hydrogen (secondary N) is 1. The first-order valence-corrected chi connectivity index (χ1v) is 11.7. The number of ether oxygens (including phenoxy) is 1. The molecule has 1 amide bonds. The molecule has 1 aliphatic rings. The number of nitrogens with zero attached hydrogens (tertiary/aromatic N) is 3. The third-order valence-corrected chi connectivity index (χ3v) is 6.13. The fraction of sp³-hybridized carbons (Fsp3) is 0.185. The third kappa shape index (κ3) is 5.07. The molecule has 1 aromatic heterocycles. The van der Waals surface area contributed by atoms with E-state index in [2.05, 4.69) is 51.5 Å². The van der Waals surface area contributed by atoms with Crippen molar-refractivity contribution in [2.45, 2.75) is 0 Å². The van der Waals surface area contributed by atoms with Crippen LogP contribution in [0.3, 0.4) is 0 Å². The molecule has 2 heterocycles. The molecule has 0 radical (unpaired) electrons. The highest BCUT2D eigenvalue weighted by Gasteiger charge is 2.19. The predicted octanol–water partition coefficient (Wildman–Crippen LogP) is 5.23.